The first kappa shape index (κ1) is 29.1. The van der Waals surface area contributed by atoms with Crippen LogP contribution in [0.5, 0.6) is 11.8 Å². The van der Waals surface area contributed by atoms with Gasteiger partial charge in [-0.3, -0.25) is 4.98 Å². The molecule has 44 heavy (non-hydrogen) atoms. The van der Waals surface area contributed by atoms with E-state index in [-0.39, 0.29) is 46.5 Å². The van der Waals surface area contributed by atoms with Crippen molar-refractivity contribution in [2.75, 3.05) is 58.0 Å². The first-order valence-corrected chi connectivity index (χ1v) is 15.4. The molecule has 3 atom stereocenters. The number of hydrogen-bond acceptors (Lipinski definition) is 9. The topological polar surface area (TPSA) is 104 Å². The maximum atomic E-state index is 16.7. The zero-order chi connectivity index (χ0) is 30.4. The predicted octanol–water partition coefficient (Wildman–Crippen LogP) is 4.92. The van der Waals surface area contributed by atoms with Crippen LogP contribution in [0.25, 0.3) is 32.9 Å². The van der Waals surface area contributed by atoms with Crippen molar-refractivity contribution in [2.24, 2.45) is 11.3 Å². The van der Waals surface area contributed by atoms with Crippen molar-refractivity contribution in [1.29, 1.82) is 0 Å². The molecule has 3 fully saturated rings. The Labute approximate surface area is 254 Å². The lowest BCUT2D eigenvalue weighted by Crippen LogP contribution is -2.50. The number of aliphatic hydroxyl groups excluding tert-OH is 1. The number of aliphatic hydroxyl groups is 1. The predicted molar refractivity (Wildman–Crippen MR) is 163 cm³/mol. The molecule has 3 aliphatic rings. The third kappa shape index (κ3) is 5.20. The molecule has 0 spiro atoms. The van der Waals surface area contributed by atoms with E-state index in [1.807, 2.05) is 4.90 Å². The number of aromatic hydroxyl groups is 1. The highest BCUT2D eigenvalue weighted by atomic mass is 19.1. The minimum absolute atomic E-state index is 0.00356. The van der Waals surface area contributed by atoms with E-state index in [0.29, 0.717) is 60.9 Å². The van der Waals surface area contributed by atoms with Crippen LogP contribution < -0.4 is 9.64 Å². The van der Waals surface area contributed by atoms with Gasteiger partial charge in [-0.1, -0.05) is 12.5 Å². The molecule has 4 aromatic rings. The normalized spacial score (nSPS) is 24.5. The molecule has 9 nitrogen and oxygen atoms in total. The number of benzene rings is 2. The number of likely N-dealkylation sites (tertiary alicyclic amines) is 1. The number of phenols is 1. The number of fused-ring (bicyclic) bond motifs is 3. The number of pyridine rings is 1. The molecule has 2 aromatic heterocycles. The highest BCUT2D eigenvalue weighted by Gasteiger charge is 2.47. The molecule has 0 amide bonds. The van der Waals surface area contributed by atoms with Crippen LogP contribution in [-0.2, 0) is 4.74 Å². The summed E-state index contributed by atoms with van der Waals surface area (Å²) < 4.78 is 43.1. The molecule has 0 bridgehead atoms. The van der Waals surface area contributed by atoms with Crippen molar-refractivity contribution in [1.82, 2.24) is 19.9 Å². The van der Waals surface area contributed by atoms with E-state index in [2.05, 4.69) is 21.9 Å². The van der Waals surface area contributed by atoms with Crippen molar-refractivity contribution in [3.8, 4) is 23.0 Å². The van der Waals surface area contributed by atoms with Gasteiger partial charge in [-0.2, -0.15) is 9.97 Å². The van der Waals surface area contributed by atoms with Gasteiger partial charge < -0.3 is 29.5 Å². The molecule has 4 heterocycles. The Balaban J connectivity index is 1.35. The number of phenolic OH excluding ortho intramolecular Hbond substituents is 1. The van der Waals surface area contributed by atoms with Crippen LogP contribution in [0.2, 0.25) is 0 Å². The van der Waals surface area contributed by atoms with Gasteiger partial charge in [0.05, 0.1) is 25.2 Å². The second kappa shape index (κ2) is 11.7. The smallest absolute Gasteiger partial charge is 0.319 e. The zero-order valence-electron chi connectivity index (χ0n) is 24.8. The molecule has 2 aromatic carbocycles. The summed E-state index contributed by atoms with van der Waals surface area (Å²) >= 11 is 0. The molecule has 1 unspecified atom stereocenters. The second-order valence-electron chi connectivity index (χ2n) is 12.6. The maximum absolute atomic E-state index is 16.7. The van der Waals surface area contributed by atoms with Crippen LogP contribution in [0.15, 0.2) is 36.5 Å². The number of aromatic nitrogens is 3. The Bertz CT molecular complexity index is 1710. The number of rotatable bonds is 6. The van der Waals surface area contributed by atoms with Crippen molar-refractivity contribution in [3.05, 3.63) is 48.2 Å². The van der Waals surface area contributed by atoms with Gasteiger partial charge in [0.1, 0.15) is 28.6 Å². The van der Waals surface area contributed by atoms with Gasteiger partial charge in [0.15, 0.2) is 5.82 Å². The summed E-state index contributed by atoms with van der Waals surface area (Å²) in [6, 6.07) is 7.53. The van der Waals surface area contributed by atoms with Gasteiger partial charge in [0, 0.05) is 48.8 Å². The summed E-state index contributed by atoms with van der Waals surface area (Å²) in [5, 5.41) is 21.7. The van der Waals surface area contributed by atoms with Crippen LogP contribution in [0.4, 0.5) is 14.6 Å². The van der Waals surface area contributed by atoms with Gasteiger partial charge in [0.25, 0.3) is 0 Å². The first-order valence-electron chi connectivity index (χ1n) is 15.4. The Morgan fingerprint density at radius 1 is 1.09 bits per heavy atom. The maximum Gasteiger partial charge on any atom is 0.319 e. The van der Waals surface area contributed by atoms with Crippen LogP contribution >= 0.6 is 0 Å². The molecule has 1 saturated carbocycles. The van der Waals surface area contributed by atoms with E-state index in [4.69, 9.17) is 14.5 Å². The van der Waals surface area contributed by atoms with Gasteiger partial charge in [-0.05, 0) is 74.3 Å². The van der Waals surface area contributed by atoms with Crippen molar-refractivity contribution in [3.63, 3.8) is 0 Å². The van der Waals surface area contributed by atoms with Crippen LogP contribution in [0, 0.1) is 23.0 Å². The molecule has 0 radical (unpaired) electrons. The molecule has 2 N–H and O–H groups in total. The standard InChI is InChI=1S/C33H37F2N5O4/c1-39-9-3-8-33(7-2-4-27(33)39)19-44-32-37-30-26(31(38-32)40-10-11-43-18-20(16-40)17-41)15-36-29(28(30)35)25-14-23(42)12-21-5-6-22(34)13-24(21)25/h5-6,12-15,20,27,41-42H,2-4,7-11,16-19H2,1H3/t20?,27-,33-/m1/s1. The van der Waals surface area contributed by atoms with E-state index < -0.39 is 11.6 Å². The van der Waals surface area contributed by atoms with E-state index in [0.717, 1.165) is 38.6 Å². The summed E-state index contributed by atoms with van der Waals surface area (Å²) in [6.07, 6.45) is 7.01. The first-order chi connectivity index (χ1) is 21.3. The summed E-state index contributed by atoms with van der Waals surface area (Å²) in [5.41, 5.74) is 0.212. The minimum Gasteiger partial charge on any atom is -0.508 e. The fourth-order valence-corrected chi connectivity index (χ4v) is 7.59. The lowest BCUT2D eigenvalue weighted by atomic mass is 9.76. The minimum atomic E-state index is -0.716. The summed E-state index contributed by atoms with van der Waals surface area (Å²) in [7, 11) is 2.17. The number of piperidine rings is 1. The third-order valence-corrected chi connectivity index (χ3v) is 9.76. The van der Waals surface area contributed by atoms with Crippen LogP contribution in [0.1, 0.15) is 32.1 Å². The molecule has 11 heteroatoms. The Hall–Kier alpha value is -3.67. The summed E-state index contributed by atoms with van der Waals surface area (Å²) in [4.78, 5) is 18.3. The Morgan fingerprint density at radius 3 is 2.82 bits per heavy atom. The number of ether oxygens (including phenoxy) is 2. The molecule has 1 aliphatic carbocycles. The van der Waals surface area contributed by atoms with Gasteiger partial charge in [0.2, 0.25) is 0 Å². The summed E-state index contributed by atoms with van der Waals surface area (Å²) in [5.74, 6) is -0.972. The number of hydrogen-bond donors (Lipinski definition) is 2. The van der Waals surface area contributed by atoms with Gasteiger partial charge >= 0.3 is 6.01 Å². The lowest BCUT2D eigenvalue weighted by molar-refractivity contribution is 0.0133. The van der Waals surface area contributed by atoms with Crippen LogP contribution in [-0.4, -0.2) is 89.2 Å². The molecule has 7 rings (SSSR count). The fraction of sp³-hybridized carbons (Fsp3) is 0.485. The number of nitrogens with zero attached hydrogens (tertiary/aromatic N) is 5. The summed E-state index contributed by atoms with van der Waals surface area (Å²) in [6.45, 7) is 3.22. The molecule has 2 saturated heterocycles. The third-order valence-electron chi connectivity index (χ3n) is 9.76. The van der Waals surface area contributed by atoms with E-state index in [1.165, 1.54) is 36.5 Å². The average Bonchev–Trinajstić information content (AvgIpc) is 3.32. The van der Waals surface area contributed by atoms with Gasteiger partial charge in [-0.25, -0.2) is 8.78 Å². The Kier molecular flexibility index (Phi) is 7.72. The molecular weight excluding hydrogens is 568 g/mol. The number of anilines is 1. The fourth-order valence-electron chi connectivity index (χ4n) is 7.59. The monoisotopic (exact) mass is 605 g/mol. The Morgan fingerprint density at radius 2 is 1.95 bits per heavy atom. The van der Waals surface area contributed by atoms with Gasteiger partial charge in [-0.15, -0.1) is 0 Å². The SMILES string of the molecule is CN1CCC[C@@]2(COc3nc(N4CCOCC(CO)C4)c4cnc(-c5cc(O)cc6ccc(F)cc56)c(F)c4n3)CCC[C@@H]12. The van der Waals surface area contributed by atoms with Crippen molar-refractivity contribution in [2.45, 2.75) is 38.1 Å². The lowest BCUT2D eigenvalue weighted by Gasteiger charge is -2.44. The highest BCUT2D eigenvalue weighted by Crippen LogP contribution is 2.47. The van der Waals surface area contributed by atoms with E-state index >= 15 is 4.39 Å². The van der Waals surface area contributed by atoms with E-state index in [1.54, 1.807) is 0 Å². The molecule has 232 valence electrons. The highest BCUT2D eigenvalue weighted by molar-refractivity contribution is 6.00. The molecule has 2 aliphatic heterocycles. The zero-order valence-corrected chi connectivity index (χ0v) is 24.8. The van der Waals surface area contributed by atoms with Crippen molar-refractivity contribution >= 4 is 27.5 Å². The van der Waals surface area contributed by atoms with E-state index in [9.17, 15) is 14.6 Å². The quantitative estimate of drug-likeness (QED) is 0.317. The average molecular weight is 606 g/mol. The van der Waals surface area contributed by atoms with Crippen LogP contribution in [0.3, 0.4) is 0 Å². The van der Waals surface area contributed by atoms with Crippen molar-refractivity contribution < 1.29 is 28.5 Å². The molecular formula is C33H37F2N5O4. The second-order valence-corrected chi connectivity index (χ2v) is 12.6. The number of halogens is 2. The largest absolute Gasteiger partial charge is 0.508 e.